The number of halogens is 1. The van der Waals surface area contributed by atoms with Crippen molar-refractivity contribution in [3.8, 4) is 0 Å². The van der Waals surface area contributed by atoms with E-state index in [0.717, 1.165) is 16.1 Å². The molecule has 0 heterocycles. The van der Waals surface area contributed by atoms with Crippen LogP contribution < -0.4 is 11.3 Å². The van der Waals surface area contributed by atoms with E-state index in [9.17, 15) is 0 Å². The van der Waals surface area contributed by atoms with E-state index in [-0.39, 0.29) is 6.04 Å². The number of hydrogen-bond acceptors (Lipinski definition) is 2. The minimum absolute atomic E-state index is 0.190. The van der Waals surface area contributed by atoms with Gasteiger partial charge in [0.05, 0.1) is 6.04 Å². The molecule has 1 atom stereocenters. The molecule has 1 aromatic carbocycles. The molecule has 1 fully saturated rings. The smallest absolute Gasteiger partial charge is 0.0502 e. The van der Waals surface area contributed by atoms with Gasteiger partial charge in [-0.1, -0.05) is 55.5 Å². The quantitative estimate of drug-likeness (QED) is 0.491. The van der Waals surface area contributed by atoms with Gasteiger partial charge in [0.2, 0.25) is 0 Å². The molecule has 0 spiro atoms. The molecule has 2 rings (SSSR count). The molecule has 100 valence electrons. The van der Waals surface area contributed by atoms with E-state index in [1.165, 1.54) is 38.5 Å². The first-order chi connectivity index (χ1) is 8.74. The van der Waals surface area contributed by atoms with E-state index < -0.39 is 0 Å². The van der Waals surface area contributed by atoms with Gasteiger partial charge in [-0.05, 0) is 36.8 Å². The average molecular weight is 267 g/mol. The SMILES string of the molecule is Cc1cccc(C(NN)C2CCCCCC2)c1Cl. The topological polar surface area (TPSA) is 38.0 Å². The standard InChI is InChI=1S/C15H23ClN2/c1-11-7-6-10-13(14(11)16)15(18-17)12-8-4-2-3-5-9-12/h6-7,10,12,15,18H,2-5,8-9,17H2,1H3. The maximum Gasteiger partial charge on any atom is 0.0502 e. The summed E-state index contributed by atoms with van der Waals surface area (Å²) in [5.41, 5.74) is 5.29. The molecular weight excluding hydrogens is 244 g/mol. The summed E-state index contributed by atoms with van der Waals surface area (Å²) < 4.78 is 0. The van der Waals surface area contributed by atoms with Crippen LogP contribution in [0.4, 0.5) is 0 Å². The van der Waals surface area contributed by atoms with Crippen molar-refractivity contribution in [3.63, 3.8) is 0 Å². The second-order valence-corrected chi connectivity index (χ2v) is 5.75. The first-order valence-corrected chi connectivity index (χ1v) is 7.33. The van der Waals surface area contributed by atoms with Gasteiger partial charge in [0, 0.05) is 5.02 Å². The van der Waals surface area contributed by atoms with Gasteiger partial charge in [-0.3, -0.25) is 11.3 Å². The van der Waals surface area contributed by atoms with Crippen molar-refractivity contribution in [3.05, 3.63) is 34.3 Å². The van der Waals surface area contributed by atoms with Gasteiger partial charge in [-0.2, -0.15) is 0 Å². The van der Waals surface area contributed by atoms with Gasteiger partial charge in [0.15, 0.2) is 0 Å². The number of aryl methyl sites for hydroxylation is 1. The molecule has 0 amide bonds. The Morgan fingerprint density at radius 3 is 2.50 bits per heavy atom. The second-order valence-electron chi connectivity index (χ2n) is 5.37. The minimum Gasteiger partial charge on any atom is -0.271 e. The minimum atomic E-state index is 0.190. The lowest BCUT2D eigenvalue weighted by Crippen LogP contribution is -2.33. The number of hydrogen-bond donors (Lipinski definition) is 2. The fourth-order valence-corrected chi connectivity index (χ4v) is 3.28. The molecule has 0 saturated heterocycles. The van der Waals surface area contributed by atoms with E-state index >= 15 is 0 Å². The van der Waals surface area contributed by atoms with Crippen LogP contribution >= 0.6 is 11.6 Å². The van der Waals surface area contributed by atoms with Gasteiger partial charge in [-0.25, -0.2) is 0 Å². The van der Waals surface area contributed by atoms with Crippen molar-refractivity contribution in [1.82, 2.24) is 5.43 Å². The molecule has 0 radical (unpaired) electrons. The third-order valence-corrected chi connectivity index (χ3v) is 4.62. The van der Waals surface area contributed by atoms with Crippen LogP contribution in [-0.2, 0) is 0 Å². The highest BCUT2D eigenvalue weighted by Crippen LogP contribution is 2.36. The van der Waals surface area contributed by atoms with Crippen LogP contribution in [0.5, 0.6) is 0 Å². The normalized spacial score (nSPS) is 19.5. The van der Waals surface area contributed by atoms with Crippen LogP contribution in [0.2, 0.25) is 5.02 Å². The Labute approximate surface area is 115 Å². The first kappa shape index (κ1) is 13.9. The van der Waals surface area contributed by atoms with Gasteiger partial charge in [0.25, 0.3) is 0 Å². The van der Waals surface area contributed by atoms with Crippen molar-refractivity contribution in [2.24, 2.45) is 11.8 Å². The Balaban J connectivity index is 2.23. The molecule has 1 aliphatic rings. The fourth-order valence-electron chi connectivity index (χ4n) is 3.03. The van der Waals surface area contributed by atoms with Gasteiger partial charge >= 0.3 is 0 Å². The lowest BCUT2D eigenvalue weighted by molar-refractivity contribution is 0.329. The maximum absolute atomic E-state index is 6.43. The predicted molar refractivity (Wildman–Crippen MR) is 77.4 cm³/mol. The number of benzene rings is 1. The third-order valence-electron chi connectivity index (χ3n) is 4.11. The summed E-state index contributed by atoms with van der Waals surface area (Å²) in [7, 11) is 0. The van der Waals surface area contributed by atoms with Gasteiger partial charge < -0.3 is 0 Å². The van der Waals surface area contributed by atoms with E-state index in [4.69, 9.17) is 17.4 Å². The molecular formula is C15H23ClN2. The zero-order valence-corrected chi connectivity index (χ0v) is 11.8. The van der Waals surface area contributed by atoms with Crippen LogP contribution in [0.25, 0.3) is 0 Å². The summed E-state index contributed by atoms with van der Waals surface area (Å²) in [6.07, 6.45) is 7.83. The number of hydrazine groups is 1. The molecule has 1 saturated carbocycles. The zero-order chi connectivity index (χ0) is 13.0. The molecule has 2 nitrogen and oxygen atoms in total. The molecule has 0 aromatic heterocycles. The molecule has 1 aliphatic carbocycles. The van der Waals surface area contributed by atoms with Crippen LogP contribution in [0.3, 0.4) is 0 Å². The monoisotopic (exact) mass is 266 g/mol. The Morgan fingerprint density at radius 2 is 1.89 bits per heavy atom. The van der Waals surface area contributed by atoms with E-state index in [2.05, 4.69) is 17.6 Å². The lowest BCUT2D eigenvalue weighted by Gasteiger charge is -2.27. The van der Waals surface area contributed by atoms with Gasteiger partial charge in [0.1, 0.15) is 0 Å². The Morgan fingerprint density at radius 1 is 1.22 bits per heavy atom. The van der Waals surface area contributed by atoms with Crippen LogP contribution in [0, 0.1) is 12.8 Å². The molecule has 3 N–H and O–H groups in total. The molecule has 1 aromatic rings. The molecule has 18 heavy (non-hydrogen) atoms. The number of rotatable bonds is 3. The number of nitrogens with two attached hydrogens (primary N) is 1. The van der Waals surface area contributed by atoms with Crippen molar-refractivity contribution in [2.45, 2.75) is 51.5 Å². The van der Waals surface area contributed by atoms with Crippen molar-refractivity contribution >= 4 is 11.6 Å². The Kier molecular flexibility index (Phi) is 5.04. The summed E-state index contributed by atoms with van der Waals surface area (Å²) in [6.45, 7) is 2.05. The Bertz CT molecular complexity index is 384. The predicted octanol–water partition coefficient (Wildman–Crippen LogP) is 4.12. The summed E-state index contributed by atoms with van der Waals surface area (Å²) in [5.74, 6) is 6.41. The van der Waals surface area contributed by atoms with Crippen LogP contribution in [0.15, 0.2) is 18.2 Å². The largest absolute Gasteiger partial charge is 0.271 e. The second kappa shape index (κ2) is 6.55. The van der Waals surface area contributed by atoms with Crippen molar-refractivity contribution < 1.29 is 0 Å². The van der Waals surface area contributed by atoms with E-state index in [1.54, 1.807) is 0 Å². The first-order valence-electron chi connectivity index (χ1n) is 6.95. The van der Waals surface area contributed by atoms with Crippen LogP contribution in [0.1, 0.15) is 55.7 Å². The third kappa shape index (κ3) is 3.05. The number of nitrogens with one attached hydrogen (secondary N) is 1. The summed E-state index contributed by atoms with van der Waals surface area (Å²) >= 11 is 6.43. The molecule has 0 bridgehead atoms. The average Bonchev–Trinajstić information content (AvgIpc) is 2.64. The summed E-state index contributed by atoms with van der Waals surface area (Å²) in [4.78, 5) is 0. The van der Waals surface area contributed by atoms with Gasteiger partial charge in [-0.15, -0.1) is 0 Å². The van der Waals surface area contributed by atoms with E-state index in [0.29, 0.717) is 5.92 Å². The highest BCUT2D eigenvalue weighted by atomic mass is 35.5. The fraction of sp³-hybridized carbons (Fsp3) is 0.600. The molecule has 1 unspecified atom stereocenters. The maximum atomic E-state index is 6.43. The highest BCUT2D eigenvalue weighted by Gasteiger charge is 2.25. The Hall–Kier alpha value is -0.570. The summed E-state index contributed by atoms with van der Waals surface area (Å²) in [6, 6.07) is 6.41. The molecule has 3 heteroatoms. The highest BCUT2D eigenvalue weighted by molar-refractivity contribution is 6.32. The summed E-state index contributed by atoms with van der Waals surface area (Å²) in [5, 5.41) is 0.865. The van der Waals surface area contributed by atoms with E-state index in [1.807, 2.05) is 13.0 Å². The molecule has 0 aliphatic heterocycles. The van der Waals surface area contributed by atoms with Crippen molar-refractivity contribution in [1.29, 1.82) is 0 Å². The van der Waals surface area contributed by atoms with Crippen molar-refractivity contribution in [2.75, 3.05) is 0 Å². The van der Waals surface area contributed by atoms with Crippen LogP contribution in [-0.4, -0.2) is 0 Å². The zero-order valence-electron chi connectivity index (χ0n) is 11.1. The lowest BCUT2D eigenvalue weighted by atomic mass is 9.87.